The molecule has 0 aromatic heterocycles. The fourth-order valence-corrected chi connectivity index (χ4v) is 3.28. The number of ether oxygens (including phenoxy) is 1. The highest BCUT2D eigenvalue weighted by atomic mass is 16.5. The SMILES string of the molecule is Cc1ccc(C)c([C@H]2CN(C(=O)c3ccc(CN)cc3)[C@H](C)CO2)c1. The molecule has 1 saturated heterocycles. The summed E-state index contributed by atoms with van der Waals surface area (Å²) in [5, 5.41) is 0. The first-order chi connectivity index (χ1) is 12.0. The van der Waals surface area contributed by atoms with E-state index >= 15 is 0 Å². The van der Waals surface area contributed by atoms with Crippen LogP contribution in [0.3, 0.4) is 0 Å². The van der Waals surface area contributed by atoms with E-state index in [0.717, 1.165) is 5.56 Å². The van der Waals surface area contributed by atoms with E-state index in [9.17, 15) is 4.79 Å². The van der Waals surface area contributed by atoms with Crippen molar-refractivity contribution in [3.05, 3.63) is 70.3 Å². The summed E-state index contributed by atoms with van der Waals surface area (Å²) in [6, 6.07) is 14.0. The minimum atomic E-state index is -0.0802. The second-order valence-electron chi connectivity index (χ2n) is 6.89. The number of hydrogen-bond donors (Lipinski definition) is 1. The molecule has 2 atom stereocenters. The Balaban J connectivity index is 1.82. The first-order valence-corrected chi connectivity index (χ1v) is 8.78. The monoisotopic (exact) mass is 338 g/mol. The molecule has 1 aliphatic rings. The van der Waals surface area contributed by atoms with Gasteiger partial charge in [0.1, 0.15) is 6.10 Å². The maximum atomic E-state index is 13.0. The van der Waals surface area contributed by atoms with Crippen LogP contribution in [0, 0.1) is 13.8 Å². The molecule has 1 fully saturated rings. The summed E-state index contributed by atoms with van der Waals surface area (Å²) in [5.74, 6) is 0.0506. The van der Waals surface area contributed by atoms with Crippen molar-refractivity contribution in [2.75, 3.05) is 13.2 Å². The van der Waals surface area contributed by atoms with Crippen LogP contribution in [0.1, 0.15) is 45.6 Å². The molecule has 0 radical (unpaired) electrons. The van der Waals surface area contributed by atoms with Crippen molar-refractivity contribution >= 4 is 5.91 Å². The Morgan fingerprint density at radius 1 is 1.20 bits per heavy atom. The van der Waals surface area contributed by atoms with Gasteiger partial charge in [0.05, 0.1) is 19.2 Å². The molecule has 4 heteroatoms. The maximum absolute atomic E-state index is 13.0. The first kappa shape index (κ1) is 17.6. The summed E-state index contributed by atoms with van der Waals surface area (Å²) in [4.78, 5) is 14.9. The molecular weight excluding hydrogens is 312 g/mol. The summed E-state index contributed by atoms with van der Waals surface area (Å²) in [5.41, 5.74) is 10.9. The van der Waals surface area contributed by atoms with Crippen LogP contribution in [0.15, 0.2) is 42.5 Å². The van der Waals surface area contributed by atoms with Gasteiger partial charge < -0.3 is 15.4 Å². The standard InChI is InChI=1S/C21H26N2O2/c1-14-4-5-15(2)19(10-14)20-12-23(16(3)13-25-20)21(24)18-8-6-17(11-22)7-9-18/h4-10,16,20H,11-13,22H2,1-3H3/t16-,20-/m1/s1. The molecule has 1 aliphatic heterocycles. The highest BCUT2D eigenvalue weighted by Crippen LogP contribution is 2.29. The van der Waals surface area contributed by atoms with E-state index in [2.05, 4.69) is 32.0 Å². The summed E-state index contributed by atoms with van der Waals surface area (Å²) in [6.45, 7) is 7.81. The van der Waals surface area contributed by atoms with Crippen molar-refractivity contribution in [1.82, 2.24) is 4.90 Å². The number of morpholine rings is 1. The Bertz CT molecular complexity index is 755. The highest BCUT2D eigenvalue weighted by molar-refractivity contribution is 5.94. The molecule has 132 valence electrons. The smallest absolute Gasteiger partial charge is 0.254 e. The van der Waals surface area contributed by atoms with Gasteiger partial charge in [-0.1, -0.05) is 35.9 Å². The lowest BCUT2D eigenvalue weighted by Gasteiger charge is -2.38. The third-order valence-electron chi connectivity index (χ3n) is 4.91. The van der Waals surface area contributed by atoms with Gasteiger partial charge >= 0.3 is 0 Å². The molecule has 4 nitrogen and oxygen atoms in total. The van der Waals surface area contributed by atoms with Crippen molar-refractivity contribution in [2.24, 2.45) is 5.73 Å². The Labute approximate surface area is 149 Å². The molecule has 0 spiro atoms. The first-order valence-electron chi connectivity index (χ1n) is 8.78. The largest absolute Gasteiger partial charge is 0.370 e. The van der Waals surface area contributed by atoms with Gasteiger partial charge in [-0.15, -0.1) is 0 Å². The van der Waals surface area contributed by atoms with Crippen LogP contribution < -0.4 is 5.73 Å². The van der Waals surface area contributed by atoms with Crippen LogP contribution in [0.5, 0.6) is 0 Å². The quantitative estimate of drug-likeness (QED) is 0.933. The average molecular weight is 338 g/mol. The third-order valence-corrected chi connectivity index (χ3v) is 4.91. The highest BCUT2D eigenvalue weighted by Gasteiger charge is 2.31. The Morgan fingerprint density at radius 2 is 1.92 bits per heavy atom. The van der Waals surface area contributed by atoms with Gasteiger partial charge in [-0.25, -0.2) is 0 Å². The van der Waals surface area contributed by atoms with Crippen LogP contribution in [0.4, 0.5) is 0 Å². The number of nitrogens with zero attached hydrogens (tertiary/aromatic N) is 1. The lowest BCUT2D eigenvalue weighted by atomic mass is 9.98. The molecule has 3 rings (SSSR count). The lowest BCUT2D eigenvalue weighted by molar-refractivity contribution is -0.0489. The summed E-state index contributed by atoms with van der Waals surface area (Å²) >= 11 is 0. The zero-order chi connectivity index (χ0) is 18.0. The molecule has 0 unspecified atom stereocenters. The van der Waals surface area contributed by atoms with E-state index in [4.69, 9.17) is 10.5 Å². The van der Waals surface area contributed by atoms with Crippen LogP contribution in [-0.2, 0) is 11.3 Å². The number of aryl methyl sites for hydroxylation is 2. The zero-order valence-corrected chi connectivity index (χ0v) is 15.2. The fraction of sp³-hybridized carbons (Fsp3) is 0.381. The molecule has 2 N–H and O–H groups in total. The minimum Gasteiger partial charge on any atom is -0.370 e. The van der Waals surface area contributed by atoms with E-state index in [-0.39, 0.29) is 18.1 Å². The minimum absolute atomic E-state index is 0.0506. The topological polar surface area (TPSA) is 55.6 Å². The predicted octanol–water partition coefficient (Wildman–Crippen LogP) is 3.36. The van der Waals surface area contributed by atoms with E-state index in [0.29, 0.717) is 25.3 Å². The van der Waals surface area contributed by atoms with Crippen molar-refractivity contribution in [3.63, 3.8) is 0 Å². The molecular formula is C21H26N2O2. The van der Waals surface area contributed by atoms with E-state index in [1.165, 1.54) is 16.7 Å². The van der Waals surface area contributed by atoms with E-state index < -0.39 is 0 Å². The number of carbonyl (C=O) groups is 1. The molecule has 0 saturated carbocycles. The summed E-state index contributed by atoms with van der Waals surface area (Å²) in [6.07, 6.45) is -0.0802. The number of nitrogens with two attached hydrogens (primary N) is 1. The predicted molar refractivity (Wildman–Crippen MR) is 99.4 cm³/mol. The fourth-order valence-electron chi connectivity index (χ4n) is 3.28. The molecule has 2 aromatic carbocycles. The average Bonchev–Trinajstić information content (AvgIpc) is 2.64. The lowest BCUT2D eigenvalue weighted by Crippen LogP contribution is -2.48. The third kappa shape index (κ3) is 3.75. The molecule has 0 aliphatic carbocycles. The van der Waals surface area contributed by atoms with Gasteiger partial charge in [0.2, 0.25) is 0 Å². The Hall–Kier alpha value is -2.17. The number of carbonyl (C=O) groups excluding carboxylic acids is 1. The second kappa shape index (κ2) is 7.38. The van der Waals surface area contributed by atoms with Crippen LogP contribution >= 0.6 is 0 Å². The second-order valence-corrected chi connectivity index (χ2v) is 6.89. The summed E-state index contributed by atoms with van der Waals surface area (Å²) < 4.78 is 6.05. The molecule has 25 heavy (non-hydrogen) atoms. The van der Waals surface area contributed by atoms with Crippen molar-refractivity contribution in [1.29, 1.82) is 0 Å². The number of benzene rings is 2. The van der Waals surface area contributed by atoms with Gasteiger partial charge in [-0.2, -0.15) is 0 Å². The summed E-state index contributed by atoms with van der Waals surface area (Å²) in [7, 11) is 0. The maximum Gasteiger partial charge on any atom is 0.254 e. The number of amides is 1. The Morgan fingerprint density at radius 3 is 2.60 bits per heavy atom. The molecule has 1 heterocycles. The number of hydrogen-bond acceptors (Lipinski definition) is 3. The van der Waals surface area contributed by atoms with Crippen LogP contribution in [0.25, 0.3) is 0 Å². The van der Waals surface area contributed by atoms with Crippen molar-refractivity contribution < 1.29 is 9.53 Å². The molecule has 0 bridgehead atoms. The van der Waals surface area contributed by atoms with Gasteiger partial charge in [-0.3, -0.25) is 4.79 Å². The Kier molecular flexibility index (Phi) is 5.21. The molecule has 1 amide bonds. The van der Waals surface area contributed by atoms with Gasteiger partial charge in [0, 0.05) is 12.1 Å². The van der Waals surface area contributed by atoms with Gasteiger partial charge in [0.25, 0.3) is 5.91 Å². The normalized spacial score (nSPS) is 20.6. The number of rotatable bonds is 3. The molecule has 2 aromatic rings. The van der Waals surface area contributed by atoms with Crippen LogP contribution in [-0.4, -0.2) is 30.0 Å². The zero-order valence-electron chi connectivity index (χ0n) is 15.2. The van der Waals surface area contributed by atoms with E-state index in [1.807, 2.05) is 36.1 Å². The van der Waals surface area contributed by atoms with Crippen LogP contribution in [0.2, 0.25) is 0 Å². The van der Waals surface area contributed by atoms with Crippen molar-refractivity contribution in [3.8, 4) is 0 Å². The van der Waals surface area contributed by atoms with Gasteiger partial charge in [0.15, 0.2) is 0 Å². The van der Waals surface area contributed by atoms with Gasteiger partial charge in [-0.05, 0) is 49.6 Å². The van der Waals surface area contributed by atoms with Crippen molar-refractivity contribution in [2.45, 2.75) is 39.5 Å². The van der Waals surface area contributed by atoms with E-state index in [1.54, 1.807) is 0 Å².